The minimum Gasteiger partial charge on any atom is -0.494 e. The summed E-state index contributed by atoms with van der Waals surface area (Å²) in [6.45, 7) is 5.77. The van der Waals surface area contributed by atoms with E-state index in [2.05, 4.69) is 15.2 Å². The zero-order valence-electron chi connectivity index (χ0n) is 14.3. The van der Waals surface area contributed by atoms with Crippen molar-refractivity contribution in [3.05, 3.63) is 47.4 Å². The van der Waals surface area contributed by atoms with Gasteiger partial charge in [0, 0.05) is 6.42 Å². The molecule has 1 aromatic carbocycles. The molecule has 0 fully saturated rings. The Hall–Kier alpha value is -2.67. The van der Waals surface area contributed by atoms with E-state index in [0.717, 1.165) is 23.4 Å². The van der Waals surface area contributed by atoms with Crippen molar-refractivity contribution in [3.63, 3.8) is 0 Å². The van der Waals surface area contributed by atoms with Crippen molar-refractivity contribution in [3.8, 4) is 17.3 Å². The van der Waals surface area contributed by atoms with Gasteiger partial charge in [0.15, 0.2) is 11.5 Å². The fraction of sp³-hybridized carbons (Fsp3) is 0.389. The number of benzene rings is 1. The number of aromatic nitrogens is 4. The van der Waals surface area contributed by atoms with Gasteiger partial charge in [-0.15, -0.1) is 0 Å². The lowest BCUT2D eigenvalue weighted by atomic mass is 10.1. The first-order chi connectivity index (χ1) is 12.3. The molecule has 3 heterocycles. The van der Waals surface area contributed by atoms with Crippen molar-refractivity contribution in [2.45, 2.75) is 39.5 Å². The molecular formula is C18H20N4O3. The van der Waals surface area contributed by atoms with E-state index < -0.39 is 0 Å². The van der Waals surface area contributed by atoms with Crippen LogP contribution in [0.3, 0.4) is 0 Å². The maximum atomic E-state index is 6.00. The van der Waals surface area contributed by atoms with E-state index in [1.54, 1.807) is 0 Å². The number of nitrogens with zero attached hydrogens (tertiary/aromatic N) is 4. The van der Waals surface area contributed by atoms with Gasteiger partial charge in [0.1, 0.15) is 11.9 Å². The van der Waals surface area contributed by atoms with Crippen molar-refractivity contribution < 1.29 is 14.0 Å². The van der Waals surface area contributed by atoms with Gasteiger partial charge in [-0.3, -0.25) is 4.68 Å². The Morgan fingerprint density at radius 2 is 2.08 bits per heavy atom. The Labute approximate surface area is 145 Å². The highest BCUT2D eigenvalue weighted by Crippen LogP contribution is 2.29. The molecule has 0 amide bonds. The van der Waals surface area contributed by atoms with Crippen LogP contribution < -0.4 is 4.74 Å². The van der Waals surface area contributed by atoms with E-state index in [1.165, 1.54) is 0 Å². The smallest absolute Gasteiger partial charge is 0.278 e. The summed E-state index contributed by atoms with van der Waals surface area (Å²) in [6.07, 6.45) is 0.699. The Morgan fingerprint density at radius 1 is 1.24 bits per heavy atom. The first kappa shape index (κ1) is 15.8. The highest BCUT2D eigenvalue weighted by molar-refractivity contribution is 5.47. The maximum absolute atomic E-state index is 6.00. The molecule has 2 aromatic heterocycles. The van der Waals surface area contributed by atoms with Crippen molar-refractivity contribution in [2.24, 2.45) is 0 Å². The van der Waals surface area contributed by atoms with Crippen molar-refractivity contribution in [2.75, 3.05) is 6.61 Å². The van der Waals surface area contributed by atoms with E-state index in [1.807, 2.05) is 48.9 Å². The average molecular weight is 340 g/mol. The molecule has 25 heavy (non-hydrogen) atoms. The lowest BCUT2D eigenvalue weighted by Crippen LogP contribution is -2.21. The minimum atomic E-state index is -0.0372. The maximum Gasteiger partial charge on any atom is 0.278 e. The van der Waals surface area contributed by atoms with Gasteiger partial charge in [-0.05, 0) is 30.7 Å². The zero-order chi connectivity index (χ0) is 17.2. The third kappa shape index (κ3) is 3.15. The highest BCUT2D eigenvalue weighted by Gasteiger charge is 2.24. The number of hydrogen-bond donors (Lipinski definition) is 0. The summed E-state index contributed by atoms with van der Waals surface area (Å²) in [5, 5.41) is 8.53. The molecule has 0 saturated carbocycles. The first-order valence-corrected chi connectivity index (χ1v) is 8.51. The molecule has 3 aromatic rings. The number of rotatable bonds is 5. The second-order valence-electron chi connectivity index (χ2n) is 5.87. The molecule has 130 valence electrons. The molecule has 4 rings (SSSR count). The Balaban J connectivity index is 1.53. The quantitative estimate of drug-likeness (QED) is 0.710. The standard InChI is InChI=1S/C18H20N4O3/c1-3-17-19-18(25-21-17)15-9-13-11-24-16(10-22(13)20-15)12-5-7-14(8-6-12)23-4-2/h5-9,16H,3-4,10-11H2,1-2H3/t16-/m0/s1. The van der Waals surface area contributed by atoms with Gasteiger partial charge in [-0.25, -0.2) is 0 Å². The molecule has 0 aliphatic carbocycles. The topological polar surface area (TPSA) is 75.2 Å². The Morgan fingerprint density at radius 3 is 2.80 bits per heavy atom. The SMILES string of the molecule is CCOc1ccc([C@@H]2Cn3nc(-c4nc(CC)no4)cc3CO2)cc1. The number of hydrogen-bond acceptors (Lipinski definition) is 6. The summed E-state index contributed by atoms with van der Waals surface area (Å²) in [6, 6.07) is 9.96. The molecule has 0 saturated heterocycles. The molecule has 1 aliphatic heterocycles. The summed E-state index contributed by atoms with van der Waals surface area (Å²) in [5.41, 5.74) is 2.81. The molecule has 0 bridgehead atoms. The van der Waals surface area contributed by atoms with Crippen LogP contribution in [0.15, 0.2) is 34.9 Å². The van der Waals surface area contributed by atoms with Crippen LogP contribution in [0.2, 0.25) is 0 Å². The lowest BCUT2D eigenvalue weighted by molar-refractivity contribution is -0.00115. The van der Waals surface area contributed by atoms with Crippen LogP contribution in [0.1, 0.15) is 37.0 Å². The first-order valence-electron chi connectivity index (χ1n) is 8.51. The summed E-state index contributed by atoms with van der Waals surface area (Å²) in [7, 11) is 0. The van der Waals surface area contributed by atoms with Crippen LogP contribution >= 0.6 is 0 Å². The van der Waals surface area contributed by atoms with Crippen LogP contribution in [0, 0.1) is 0 Å². The highest BCUT2D eigenvalue weighted by atomic mass is 16.5. The third-order valence-corrected chi connectivity index (χ3v) is 4.20. The van der Waals surface area contributed by atoms with Gasteiger partial charge in [-0.1, -0.05) is 24.2 Å². The third-order valence-electron chi connectivity index (χ3n) is 4.20. The monoisotopic (exact) mass is 340 g/mol. The fourth-order valence-corrected chi connectivity index (χ4v) is 2.88. The second-order valence-corrected chi connectivity index (χ2v) is 5.87. The summed E-state index contributed by atoms with van der Waals surface area (Å²) in [4.78, 5) is 4.34. The van der Waals surface area contributed by atoms with Crippen LogP contribution in [0.4, 0.5) is 0 Å². The number of ether oxygens (including phenoxy) is 2. The van der Waals surface area contributed by atoms with Gasteiger partial charge in [-0.2, -0.15) is 10.1 Å². The number of aryl methyl sites for hydroxylation is 1. The molecule has 0 N–H and O–H groups in total. The van der Waals surface area contributed by atoms with Crippen LogP contribution in [0.25, 0.3) is 11.6 Å². The minimum absolute atomic E-state index is 0.0372. The van der Waals surface area contributed by atoms with Crippen LogP contribution in [-0.4, -0.2) is 26.5 Å². The molecular weight excluding hydrogens is 320 g/mol. The summed E-state index contributed by atoms with van der Waals surface area (Å²) < 4.78 is 18.7. The van der Waals surface area contributed by atoms with Crippen LogP contribution in [-0.2, 0) is 24.3 Å². The lowest BCUT2D eigenvalue weighted by Gasteiger charge is -2.24. The van der Waals surface area contributed by atoms with Crippen molar-refractivity contribution in [1.29, 1.82) is 0 Å². The van der Waals surface area contributed by atoms with Crippen molar-refractivity contribution >= 4 is 0 Å². The molecule has 0 unspecified atom stereocenters. The predicted octanol–water partition coefficient (Wildman–Crippen LogP) is 3.17. The van der Waals surface area contributed by atoms with Gasteiger partial charge >= 0.3 is 0 Å². The van der Waals surface area contributed by atoms with E-state index >= 15 is 0 Å². The molecule has 0 spiro atoms. The van der Waals surface area contributed by atoms with Gasteiger partial charge in [0.2, 0.25) is 0 Å². The van der Waals surface area contributed by atoms with Crippen molar-refractivity contribution in [1.82, 2.24) is 19.9 Å². The second kappa shape index (κ2) is 6.68. The largest absolute Gasteiger partial charge is 0.494 e. The molecule has 1 aliphatic rings. The van der Waals surface area contributed by atoms with Gasteiger partial charge < -0.3 is 14.0 Å². The molecule has 7 nitrogen and oxygen atoms in total. The predicted molar refractivity (Wildman–Crippen MR) is 90.0 cm³/mol. The van der Waals surface area contributed by atoms with Crippen LogP contribution in [0.5, 0.6) is 5.75 Å². The van der Waals surface area contributed by atoms with E-state index in [4.69, 9.17) is 14.0 Å². The zero-order valence-corrected chi connectivity index (χ0v) is 14.3. The normalized spacial score (nSPS) is 16.6. The summed E-state index contributed by atoms with van der Waals surface area (Å²) >= 11 is 0. The Kier molecular flexibility index (Phi) is 4.23. The summed E-state index contributed by atoms with van der Waals surface area (Å²) in [5.74, 6) is 2.01. The Bertz CT molecular complexity index is 854. The van der Waals surface area contributed by atoms with E-state index in [0.29, 0.717) is 37.2 Å². The average Bonchev–Trinajstić information content (AvgIpc) is 3.28. The van der Waals surface area contributed by atoms with Gasteiger partial charge in [0.05, 0.1) is 25.5 Å². The van der Waals surface area contributed by atoms with Gasteiger partial charge in [0.25, 0.3) is 5.89 Å². The molecule has 0 radical (unpaired) electrons. The van der Waals surface area contributed by atoms with E-state index in [-0.39, 0.29) is 6.10 Å². The van der Waals surface area contributed by atoms with E-state index in [9.17, 15) is 0 Å². The fourth-order valence-electron chi connectivity index (χ4n) is 2.88. The molecule has 7 heteroatoms. The molecule has 1 atom stereocenters. The number of fused-ring (bicyclic) bond motifs is 1.